The summed E-state index contributed by atoms with van der Waals surface area (Å²) in [5.41, 5.74) is 1.50. The van der Waals surface area contributed by atoms with Crippen LogP contribution in [0.4, 0.5) is 16.5 Å². The van der Waals surface area contributed by atoms with Gasteiger partial charge in [0.1, 0.15) is 6.54 Å². The Hall–Kier alpha value is -2.41. The van der Waals surface area contributed by atoms with Gasteiger partial charge in [-0.1, -0.05) is 12.1 Å². The van der Waals surface area contributed by atoms with Crippen LogP contribution in [0.2, 0.25) is 0 Å². The van der Waals surface area contributed by atoms with Crippen LogP contribution in [0.5, 0.6) is 0 Å². The number of carbonyl (C=O) groups excluding carboxylic acids is 1. The first-order valence-corrected chi connectivity index (χ1v) is 6.38. The Morgan fingerprint density at radius 1 is 1.42 bits per heavy atom. The first kappa shape index (κ1) is 11.7. The fraction of sp³-hybridized carbons (Fsp3) is 0.0833. The van der Waals surface area contributed by atoms with Crippen LogP contribution in [-0.2, 0) is 4.79 Å². The molecule has 0 spiro atoms. The number of para-hydroxylation sites is 2. The van der Waals surface area contributed by atoms with Crippen molar-refractivity contribution in [3.05, 3.63) is 35.3 Å². The number of amides is 1. The van der Waals surface area contributed by atoms with Crippen LogP contribution in [0.1, 0.15) is 10.5 Å². The lowest BCUT2D eigenvalue weighted by atomic mass is 10.2. The van der Waals surface area contributed by atoms with Gasteiger partial charge in [0.2, 0.25) is 5.91 Å². The Kier molecular flexibility index (Phi) is 2.68. The second kappa shape index (κ2) is 4.36. The number of carbonyl (C=O) groups is 2. The van der Waals surface area contributed by atoms with E-state index in [0.717, 1.165) is 5.69 Å². The number of aromatic carboxylic acids is 1. The van der Waals surface area contributed by atoms with E-state index in [9.17, 15) is 9.59 Å². The van der Waals surface area contributed by atoms with Crippen LogP contribution in [0, 0.1) is 0 Å². The molecule has 0 fully saturated rings. The maximum absolute atomic E-state index is 11.7. The molecule has 19 heavy (non-hydrogen) atoms. The Morgan fingerprint density at radius 2 is 2.21 bits per heavy atom. The Morgan fingerprint density at radius 3 is 2.95 bits per heavy atom. The highest BCUT2D eigenvalue weighted by molar-refractivity contribution is 7.14. The lowest BCUT2D eigenvalue weighted by Gasteiger charge is -2.28. The second-order valence-electron chi connectivity index (χ2n) is 3.97. The van der Waals surface area contributed by atoms with Gasteiger partial charge >= 0.3 is 5.97 Å². The van der Waals surface area contributed by atoms with E-state index in [4.69, 9.17) is 5.11 Å². The van der Waals surface area contributed by atoms with E-state index in [-0.39, 0.29) is 18.1 Å². The number of nitrogens with one attached hydrogen (secondary N) is 1. The molecule has 1 aromatic carbocycles. The molecule has 0 unspecified atom stereocenters. The van der Waals surface area contributed by atoms with E-state index in [0.29, 0.717) is 10.8 Å². The summed E-state index contributed by atoms with van der Waals surface area (Å²) in [4.78, 5) is 28.3. The van der Waals surface area contributed by atoms with E-state index in [1.807, 2.05) is 18.2 Å². The van der Waals surface area contributed by atoms with Gasteiger partial charge in [-0.3, -0.25) is 4.79 Å². The zero-order valence-electron chi connectivity index (χ0n) is 9.66. The minimum Gasteiger partial charge on any atom is -0.476 e. The fourth-order valence-electron chi connectivity index (χ4n) is 1.89. The normalized spacial score (nSPS) is 13.9. The lowest BCUT2D eigenvalue weighted by molar-refractivity contribution is -0.115. The van der Waals surface area contributed by atoms with Gasteiger partial charge in [0, 0.05) is 5.38 Å². The molecule has 3 rings (SSSR count). The average Bonchev–Trinajstić information content (AvgIpc) is 2.87. The summed E-state index contributed by atoms with van der Waals surface area (Å²) in [6.07, 6.45) is 0. The van der Waals surface area contributed by atoms with Gasteiger partial charge < -0.3 is 15.3 Å². The summed E-state index contributed by atoms with van der Waals surface area (Å²) in [5.74, 6) is -1.22. The first-order chi connectivity index (χ1) is 9.15. The number of hydrogen-bond acceptors (Lipinski definition) is 5. The van der Waals surface area contributed by atoms with Crippen molar-refractivity contribution in [3.63, 3.8) is 0 Å². The van der Waals surface area contributed by atoms with Gasteiger partial charge in [0.25, 0.3) is 0 Å². The molecule has 2 N–H and O–H groups in total. The third kappa shape index (κ3) is 2.04. The van der Waals surface area contributed by atoms with E-state index in [1.165, 1.54) is 16.7 Å². The first-order valence-electron chi connectivity index (χ1n) is 5.50. The molecule has 0 aliphatic carbocycles. The van der Waals surface area contributed by atoms with Crippen LogP contribution in [0.25, 0.3) is 0 Å². The predicted octanol–water partition coefficient (Wildman–Crippen LogP) is 1.93. The lowest BCUT2D eigenvalue weighted by Crippen LogP contribution is -2.34. The Balaban J connectivity index is 2.04. The van der Waals surface area contributed by atoms with E-state index >= 15 is 0 Å². The average molecular weight is 275 g/mol. The van der Waals surface area contributed by atoms with Crippen molar-refractivity contribution >= 4 is 39.7 Å². The number of hydrogen-bond donors (Lipinski definition) is 2. The van der Waals surface area contributed by atoms with Gasteiger partial charge in [0.05, 0.1) is 11.4 Å². The summed E-state index contributed by atoms with van der Waals surface area (Å²) in [6.45, 7) is 0.129. The predicted molar refractivity (Wildman–Crippen MR) is 71.2 cm³/mol. The van der Waals surface area contributed by atoms with Crippen molar-refractivity contribution < 1.29 is 14.7 Å². The maximum atomic E-state index is 11.7. The summed E-state index contributed by atoms with van der Waals surface area (Å²) in [6, 6.07) is 7.34. The molecular weight excluding hydrogens is 266 g/mol. The molecule has 1 aromatic heterocycles. The van der Waals surface area contributed by atoms with Crippen molar-refractivity contribution in [3.8, 4) is 0 Å². The third-order valence-corrected chi connectivity index (χ3v) is 3.58. The van der Waals surface area contributed by atoms with Gasteiger partial charge in [-0.2, -0.15) is 0 Å². The summed E-state index contributed by atoms with van der Waals surface area (Å²) >= 11 is 1.20. The van der Waals surface area contributed by atoms with Crippen LogP contribution in [0.3, 0.4) is 0 Å². The zero-order valence-corrected chi connectivity index (χ0v) is 10.5. The third-order valence-electron chi connectivity index (χ3n) is 2.71. The van der Waals surface area contributed by atoms with Gasteiger partial charge in [-0.25, -0.2) is 9.78 Å². The van der Waals surface area contributed by atoms with Crippen molar-refractivity contribution in [2.24, 2.45) is 0 Å². The minimum absolute atomic E-state index is 0.0107. The van der Waals surface area contributed by atoms with Gasteiger partial charge in [0.15, 0.2) is 10.8 Å². The monoisotopic (exact) mass is 275 g/mol. The minimum atomic E-state index is -1.07. The molecule has 1 amide bonds. The molecule has 0 bridgehead atoms. The molecule has 1 aliphatic rings. The van der Waals surface area contributed by atoms with Crippen LogP contribution in [-0.4, -0.2) is 28.5 Å². The molecule has 0 radical (unpaired) electrons. The zero-order chi connectivity index (χ0) is 13.4. The Labute approximate surface area is 112 Å². The number of carboxylic acids is 1. The summed E-state index contributed by atoms with van der Waals surface area (Å²) < 4.78 is 0. The molecule has 7 heteroatoms. The number of aromatic nitrogens is 1. The standard InChI is InChI=1S/C12H9N3O3S/c16-10-5-15(9-4-2-1-3-7(9)13-10)12-14-8(6-19-12)11(17)18/h1-4,6H,5H2,(H,13,16)(H,17,18). The van der Waals surface area contributed by atoms with Gasteiger partial charge in [-0.15, -0.1) is 11.3 Å². The van der Waals surface area contributed by atoms with Crippen molar-refractivity contribution in [1.82, 2.24) is 4.98 Å². The SMILES string of the molecule is O=C1CN(c2nc(C(=O)O)cs2)c2ccccc2N1. The highest BCUT2D eigenvalue weighted by atomic mass is 32.1. The van der Waals surface area contributed by atoms with Crippen molar-refractivity contribution in [2.45, 2.75) is 0 Å². The number of benzene rings is 1. The number of anilines is 3. The highest BCUT2D eigenvalue weighted by Crippen LogP contribution is 2.36. The number of carboxylic acid groups (broad SMARTS) is 1. The van der Waals surface area contributed by atoms with Crippen LogP contribution in [0.15, 0.2) is 29.6 Å². The smallest absolute Gasteiger partial charge is 0.355 e. The van der Waals surface area contributed by atoms with Crippen molar-refractivity contribution in [2.75, 3.05) is 16.8 Å². The Bertz CT molecular complexity index is 668. The largest absolute Gasteiger partial charge is 0.476 e. The van der Waals surface area contributed by atoms with Crippen LogP contribution >= 0.6 is 11.3 Å². The quantitative estimate of drug-likeness (QED) is 0.875. The molecule has 0 saturated heterocycles. The molecule has 2 heterocycles. The molecular formula is C12H9N3O3S. The molecule has 6 nitrogen and oxygen atoms in total. The summed E-state index contributed by atoms with van der Waals surface area (Å²) in [5, 5.41) is 13.6. The number of fused-ring (bicyclic) bond motifs is 1. The second-order valence-corrected chi connectivity index (χ2v) is 4.81. The van der Waals surface area contributed by atoms with E-state index < -0.39 is 5.97 Å². The summed E-state index contributed by atoms with van der Waals surface area (Å²) in [7, 11) is 0. The highest BCUT2D eigenvalue weighted by Gasteiger charge is 2.25. The molecule has 0 atom stereocenters. The van der Waals surface area contributed by atoms with E-state index in [2.05, 4.69) is 10.3 Å². The maximum Gasteiger partial charge on any atom is 0.355 e. The van der Waals surface area contributed by atoms with E-state index in [1.54, 1.807) is 11.0 Å². The molecule has 0 saturated carbocycles. The number of nitrogens with zero attached hydrogens (tertiary/aromatic N) is 2. The van der Waals surface area contributed by atoms with Gasteiger partial charge in [-0.05, 0) is 12.1 Å². The molecule has 2 aromatic rings. The molecule has 96 valence electrons. The number of thiazole rings is 1. The fourth-order valence-corrected chi connectivity index (χ4v) is 2.70. The molecule has 1 aliphatic heterocycles. The topological polar surface area (TPSA) is 82.5 Å². The number of rotatable bonds is 2. The van der Waals surface area contributed by atoms with Crippen LogP contribution < -0.4 is 10.2 Å². The van der Waals surface area contributed by atoms with Crippen molar-refractivity contribution in [1.29, 1.82) is 0 Å².